The fourth-order valence-electron chi connectivity index (χ4n) is 2.97. The molecule has 0 atom stereocenters. The van der Waals surface area contributed by atoms with Crippen LogP contribution in [0.1, 0.15) is 32.9 Å². The van der Waals surface area contributed by atoms with Gasteiger partial charge in [0.05, 0.1) is 17.5 Å². The van der Waals surface area contributed by atoms with Gasteiger partial charge in [0.1, 0.15) is 29.0 Å². The molecule has 1 amide bonds. The van der Waals surface area contributed by atoms with E-state index in [1.165, 1.54) is 30.5 Å². The number of rotatable bonds is 5. The number of hydrogen-bond acceptors (Lipinski definition) is 5. The molecule has 3 aromatic rings. The quantitative estimate of drug-likeness (QED) is 0.663. The lowest BCUT2D eigenvalue weighted by molar-refractivity contribution is -0.119. The molecule has 8 heteroatoms. The van der Waals surface area contributed by atoms with Crippen LogP contribution < -0.4 is 5.32 Å². The van der Waals surface area contributed by atoms with Gasteiger partial charge in [-0.3, -0.25) is 9.36 Å². The van der Waals surface area contributed by atoms with E-state index in [0.29, 0.717) is 22.7 Å². The van der Waals surface area contributed by atoms with Gasteiger partial charge >= 0.3 is 5.97 Å². The summed E-state index contributed by atoms with van der Waals surface area (Å²) in [6.07, 6.45) is 1.35. The number of furan rings is 1. The van der Waals surface area contributed by atoms with Crippen LogP contribution in [0.3, 0.4) is 0 Å². The van der Waals surface area contributed by atoms with E-state index in [9.17, 15) is 19.2 Å². The standard InChI is InChI=1S/C21H18FN3O4/c1-12-13(2)25(16-6-4-5-15(22)9-16)20(18(12)10-23)24-19(26)11-29-21(27)17-7-8-28-14(17)3/h4-9H,11H2,1-3H3,(H,24,26). The van der Waals surface area contributed by atoms with Gasteiger partial charge < -0.3 is 14.5 Å². The van der Waals surface area contributed by atoms with Crippen molar-refractivity contribution in [2.24, 2.45) is 0 Å². The molecule has 0 radical (unpaired) electrons. The molecule has 2 heterocycles. The Kier molecular flexibility index (Phi) is 5.50. The Bertz CT molecular complexity index is 1140. The first-order valence-electron chi connectivity index (χ1n) is 8.72. The number of nitrogens with one attached hydrogen (secondary N) is 1. The molecular formula is C21H18FN3O4. The van der Waals surface area contributed by atoms with Gasteiger partial charge in [0.25, 0.3) is 5.91 Å². The number of hydrogen-bond donors (Lipinski definition) is 1. The largest absolute Gasteiger partial charge is 0.469 e. The maximum absolute atomic E-state index is 13.7. The highest BCUT2D eigenvalue weighted by atomic mass is 19.1. The molecule has 0 aliphatic heterocycles. The summed E-state index contributed by atoms with van der Waals surface area (Å²) >= 11 is 0. The van der Waals surface area contributed by atoms with Gasteiger partial charge in [0.2, 0.25) is 0 Å². The number of nitrogens with zero attached hydrogens (tertiary/aromatic N) is 2. The van der Waals surface area contributed by atoms with E-state index in [2.05, 4.69) is 11.4 Å². The SMILES string of the molecule is Cc1occc1C(=O)OCC(=O)Nc1c(C#N)c(C)c(C)n1-c1cccc(F)c1. The monoisotopic (exact) mass is 395 g/mol. The van der Waals surface area contributed by atoms with Crippen molar-refractivity contribution in [1.82, 2.24) is 4.57 Å². The van der Waals surface area contributed by atoms with Crippen LogP contribution in [0.2, 0.25) is 0 Å². The number of aryl methyl sites for hydroxylation is 1. The number of esters is 1. The van der Waals surface area contributed by atoms with Crippen LogP contribution in [0.5, 0.6) is 0 Å². The van der Waals surface area contributed by atoms with E-state index in [1.54, 1.807) is 31.4 Å². The summed E-state index contributed by atoms with van der Waals surface area (Å²) in [6, 6.07) is 9.30. The van der Waals surface area contributed by atoms with Crippen LogP contribution >= 0.6 is 0 Å². The van der Waals surface area contributed by atoms with Crippen molar-refractivity contribution in [2.45, 2.75) is 20.8 Å². The molecule has 0 bridgehead atoms. The van der Waals surface area contributed by atoms with Crippen LogP contribution in [0.25, 0.3) is 5.69 Å². The average Bonchev–Trinajstić information content (AvgIpc) is 3.21. The van der Waals surface area contributed by atoms with Gasteiger partial charge in [-0.15, -0.1) is 0 Å². The average molecular weight is 395 g/mol. The summed E-state index contributed by atoms with van der Waals surface area (Å²) in [7, 11) is 0. The maximum atomic E-state index is 13.7. The highest BCUT2D eigenvalue weighted by molar-refractivity contribution is 5.96. The zero-order valence-corrected chi connectivity index (χ0v) is 16.1. The molecule has 0 unspecified atom stereocenters. The zero-order chi connectivity index (χ0) is 21.1. The molecule has 0 saturated heterocycles. The van der Waals surface area contributed by atoms with Crippen molar-refractivity contribution >= 4 is 17.7 Å². The molecule has 29 heavy (non-hydrogen) atoms. The van der Waals surface area contributed by atoms with E-state index in [4.69, 9.17) is 9.15 Å². The van der Waals surface area contributed by atoms with Crippen molar-refractivity contribution in [3.63, 3.8) is 0 Å². The van der Waals surface area contributed by atoms with Crippen molar-refractivity contribution < 1.29 is 23.1 Å². The minimum absolute atomic E-state index is 0.189. The fourth-order valence-corrected chi connectivity index (χ4v) is 2.97. The van der Waals surface area contributed by atoms with Gasteiger partial charge in [0, 0.05) is 5.69 Å². The number of ether oxygens (including phenoxy) is 1. The summed E-state index contributed by atoms with van der Waals surface area (Å²) < 4.78 is 25.3. The second kappa shape index (κ2) is 8.02. The van der Waals surface area contributed by atoms with Crippen molar-refractivity contribution in [1.29, 1.82) is 5.26 Å². The Balaban J connectivity index is 1.85. The zero-order valence-electron chi connectivity index (χ0n) is 16.1. The summed E-state index contributed by atoms with van der Waals surface area (Å²) in [5.41, 5.74) is 2.25. The van der Waals surface area contributed by atoms with Crippen LogP contribution in [0.4, 0.5) is 10.2 Å². The summed E-state index contributed by atoms with van der Waals surface area (Å²) in [4.78, 5) is 24.4. The van der Waals surface area contributed by atoms with E-state index in [1.807, 2.05) is 0 Å². The second-order valence-corrected chi connectivity index (χ2v) is 6.38. The summed E-state index contributed by atoms with van der Waals surface area (Å²) in [6.45, 7) is 4.55. The molecule has 7 nitrogen and oxygen atoms in total. The number of nitriles is 1. The molecule has 2 aromatic heterocycles. The number of halogens is 1. The highest BCUT2D eigenvalue weighted by Gasteiger charge is 2.22. The van der Waals surface area contributed by atoms with E-state index in [0.717, 1.165) is 0 Å². The second-order valence-electron chi connectivity index (χ2n) is 6.38. The molecule has 3 rings (SSSR count). The number of carbonyl (C=O) groups excluding carboxylic acids is 2. The van der Waals surface area contributed by atoms with Crippen molar-refractivity contribution in [2.75, 3.05) is 11.9 Å². The van der Waals surface area contributed by atoms with Crippen LogP contribution in [0.15, 0.2) is 41.0 Å². The Morgan fingerprint density at radius 1 is 1.28 bits per heavy atom. The Morgan fingerprint density at radius 2 is 2.03 bits per heavy atom. The molecule has 1 N–H and O–H groups in total. The molecule has 0 aliphatic rings. The van der Waals surface area contributed by atoms with Gasteiger partial charge in [0.15, 0.2) is 6.61 Å². The number of anilines is 1. The third kappa shape index (κ3) is 3.89. The first-order valence-corrected chi connectivity index (χ1v) is 8.72. The lowest BCUT2D eigenvalue weighted by Gasteiger charge is -2.13. The number of aromatic nitrogens is 1. The number of benzene rings is 1. The van der Waals surface area contributed by atoms with Crippen LogP contribution in [-0.2, 0) is 9.53 Å². The van der Waals surface area contributed by atoms with E-state index < -0.39 is 24.3 Å². The lowest BCUT2D eigenvalue weighted by atomic mass is 10.2. The van der Waals surface area contributed by atoms with Crippen molar-refractivity contribution in [3.8, 4) is 11.8 Å². The van der Waals surface area contributed by atoms with Gasteiger partial charge in [-0.2, -0.15) is 5.26 Å². The fraction of sp³-hybridized carbons (Fsp3) is 0.190. The molecule has 148 valence electrons. The molecule has 0 aliphatic carbocycles. The highest BCUT2D eigenvalue weighted by Crippen LogP contribution is 2.30. The molecule has 1 aromatic carbocycles. The third-order valence-electron chi connectivity index (χ3n) is 4.56. The minimum Gasteiger partial charge on any atom is -0.469 e. The van der Waals surface area contributed by atoms with E-state index >= 15 is 0 Å². The van der Waals surface area contributed by atoms with Gasteiger partial charge in [-0.05, 0) is 50.6 Å². The predicted octanol–water partition coefficient (Wildman–Crippen LogP) is 3.80. The summed E-state index contributed by atoms with van der Waals surface area (Å²) in [5, 5.41) is 12.1. The van der Waals surface area contributed by atoms with Gasteiger partial charge in [-0.25, -0.2) is 9.18 Å². The molecule has 0 saturated carbocycles. The number of amides is 1. The molecule has 0 fully saturated rings. The third-order valence-corrected chi connectivity index (χ3v) is 4.56. The first-order chi connectivity index (χ1) is 13.8. The molecule has 0 spiro atoms. The number of carbonyl (C=O) groups is 2. The van der Waals surface area contributed by atoms with Crippen molar-refractivity contribution in [3.05, 3.63) is 70.6 Å². The maximum Gasteiger partial charge on any atom is 0.342 e. The van der Waals surface area contributed by atoms with Gasteiger partial charge in [-0.1, -0.05) is 6.07 Å². The minimum atomic E-state index is -0.695. The Hall–Kier alpha value is -3.86. The lowest BCUT2D eigenvalue weighted by Crippen LogP contribution is -2.23. The first kappa shape index (κ1) is 19.9. The Labute approximate surface area is 166 Å². The van der Waals surface area contributed by atoms with Crippen LogP contribution in [0, 0.1) is 37.9 Å². The van der Waals surface area contributed by atoms with E-state index in [-0.39, 0.29) is 16.9 Å². The molecular weight excluding hydrogens is 377 g/mol. The topological polar surface area (TPSA) is 97.3 Å². The Morgan fingerprint density at radius 3 is 2.66 bits per heavy atom. The predicted molar refractivity (Wildman–Crippen MR) is 102 cm³/mol. The summed E-state index contributed by atoms with van der Waals surface area (Å²) in [5.74, 6) is -1.21. The smallest absolute Gasteiger partial charge is 0.342 e. The normalized spacial score (nSPS) is 10.4. The van der Waals surface area contributed by atoms with Crippen LogP contribution in [-0.4, -0.2) is 23.1 Å².